The van der Waals surface area contributed by atoms with Crippen LogP contribution in [-0.2, 0) is 0 Å². The fraction of sp³-hybridized carbons (Fsp3) is 0.0667. The molecule has 4 heteroatoms. The fourth-order valence-electron chi connectivity index (χ4n) is 1.82. The highest BCUT2D eigenvalue weighted by Crippen LogP contribution is 2.20. The van der Waals surface area contributed by atoms with E-state index in [9.17, 15) is 9.59 Å². The molecule has 0 radical (unpaired) electrons. The maximum Gasteiger partial charge on any atom is 0.261 e. The lowest BCUT2D eigenvalue weighted by molar-refractivity contribution is 0.0957. The standard InChI is InChI=1S/C15H14N2O2/c1-2-9-16-14(18)13-12(8-10-17-15(13)19)11-6-4-3-5-7-11/h2-8,10H,1,9H2,(H,16,18)(H,17,19). The van der Waals surface area contributed by atoms with E-state index in [-0.39, 0.29) is 5.56 Å². The fourth-order valence-corrected chi connectivity index (χ4v) is 1.82. The molecule has 0 unspecified atom stereocenters. The minimum absolute atomic E-state index is 0.121. The Morgan fingerprint density at radius 2 is 2.00 bits per heavy atom. The highest BCUT2D eigenvalue weighted by molar-refractivity contribution is 6.00. The lowest BCUT2D eigenvalue weighted by Gasteiger charge is -2.08. The zero-order valence-corrected chi connectivity index (χ0v) is 10.3. The number of aromatic amines is 1. The van der Waals surface area contributed by atoms with Gasteiger partial charge in [0.25, 0.3) is 11.5 Å². The summed E-state index contributed by atoms with van der Waals surface area (Å²) in [6.07, 6.45) is 3.10. The Morgan fingerprint density at radius 3 is 2.68 bits per heavy atom. The second-order valence-corrected chi connectivity index (χ2v) is 3.96. The van der Waals surface area contributed by atoms with Crippen molar-refractivity contribution < 1.29 is 4.79 Å². The van der Waals surface area contributed by atoms with Gasteiger partial charge in [-0.3, -0.25) is 9.59 Å². The first-order valence-electron chi connectivity index (χ1n) is 5.90. The van der Waals surface area contributed by atoms with Crippen molar-refractivity contribution in [3.8, 4) is 11.1 Å². The smallest absolute Gasteiger partial charge is 0.261 e. The van der Waals surface area contributed by atoms with Crippen LogP contribution in [0.15, 0.2) is 60.0 Å². The van der Waals surface area contributed by atoms with Crippen molar-refractivity contribution in [2.75, 3.05) is 6.54 Å². The van der Waals surface area contributed by atoms with Gasteiger partial charge in [-0.1, -0.05) is 36.4 Å². The number of benzene rings is 1. The predicted molar refractivity (Wildman–Crippen MR) is 75.0 cm³/mol. The summed E-state index contributed by atoms with van der Waals surface area (Å²) in [5.74, 6) is -0.402. The van der Waals surface area contributed by atoms with Gasteiger partial charge in [-0.05, 0) is 11.6 Å². The Hall–Kier alpha value is -2.62. The zero-order chi connectivity index (χ0) is 13.7. The molecule has 1 aromatic heterocycles. The van der Waals surface area contributed by atoms with Crippen LogP contribution >= 0.6 is 0 Å². The number of hydrogen-bond donors (Lipinski definition) is 2. The highest BCUT2D eigenvalue weighted by atomic mass is 16.2. The summed E-state index contributed by atoms with van der Waals surface area (Å²) in [6, 6.07) is 11.1. The summed E-state index contributed by atoms with van der Waals surface area (Å²) in [5.41, 5.74) is 1.17. The molecular formula is C15H14N2O2. The number of rotatable bonds is 4. The number of hydrogen-bond acceptors (Lipinski definition) is 2. The first-order valence-corrected chi connectivity index (χ1v) is 5.90. The third-order valence-corrected chi connectivity index (χ3v) is 2.68. The average Bonchev–Trinajstić information content (AvgIpc) is 2.45. The average molecular weight is 254 g/mol. The number of nitrogens with one attached hydrogen (secondary N) is 2. The molecule has 4 nitrogen and oxygen atoms in total. The van der Waals surface area contributed by atoms with Crippen LogP contribution in [0.4, 0.5) is 0 Å². The van der Waals surface area contributed by atoms with Crippen molar-refractivity contribution in [3.63, 3.8) is 0 Å². The van der Waals surface area contributed by atoms with Crippen molar-refractivity contribution in [2.45, 2.75) is 0 Å². The largest absolute Gasteiger partial charge is 0.348 e. The van der Waals surface area contributed by atoms with Crippen LogP contribution in [0.1, 0.15) is 10.4 Å². The van der Waals surface area contributed by atoms with Gasteiger partial charge in [-0.15, -0.1) is 6.58 Å². The molecular weight excluding hydrogens is 240 g/mol. The quantitative estimate of drug-likeness (QED) is 0.819. The van der Waals surface area contributed by atoms with E-state index in [1.54, 1.807) is 12.1 Å². The van der Waals surface area contributed by atoms with Crippen LogP contribution in [0.5, 0.6) is 0 Å². The van der Waals surface area contributed by atoms with E-state index < -0.39 is 11.5 Å². The Morgan fingerprint density at radius 1 is 1.26 bits per heavy atom. The van der Waals surface area contributed by atoms with Gasteiger partial charge in [0.2, 0.25) is 0 Å². The van der Waals surface area contributed by atoms with E-state index >= 15 is 0 Å². The molecule has 19 heavy (non-hydrogen) atoms. The molecule has 0 aliphatic carbocycles. The van der Waals surface area contributed by atoms with Crippen LogP contribution in [-0.4, -0.2) is 17.4 Å². The van der Waals surface area contributed by atoms with E-state index in [1.807, 2.05) is 30.3 Å². The van der Waals surface area contributed by atoms with Gasteiger partial charge in [0.1, 0.15) is 5.56 Å². The molecule has 0 saturated carbocycles. The molecule has 1 amide bonds. The van der Waals surface area contributed by atoms with E-state index in [4.69, 9.17) is 0 Å². The molecule has 0 fully saturated rings. The van der Waals surface area contributed by atoms with E-state index in [2.05, 4.69) is 16.9 Å². The summed E-state index contributed by atoms with van der Waals surface area (Å²) in [7, 11) is 0. The SMILES string of the molecule is C=CCNC(=O)c1c(-c2ccccc2)cc[nH]c1=O. The van der Waals surface area contributed by atoms with Gasteiger partial charge in [-0.2, -0.15) is 0 Å². The maximum atomic E-state index is 12.0. The molecule has 0 aliphatic rings. The monoisotopic (exact) mass is 254 g/mol. The van der Waals surface area contributed by atoms with Crippen molar-refractivity contribution in [3.05, 3.63) is 71.2 Å². The number of H-pyrrole nitrogens is 1. The van der Waals surface area contributed by atoms with E-state index in [0.29, 0.717) is 12.1 Å². The molecule has 0 spiro atoms. The Kier molecular flexibility index (Phi) is 3.93. The highest BCUT2D eigenvalue weighted by Gasteiger charge is 2.15. The Bertz CT molecular complexity index is 645. The molecule has 2 rings (SSSR count). The molecule has 0 atom stereocenters. The molecule has 2 N–H and O–H groups in total. The van der Waals surface area contributed by atoms with Gasteiger partial charge < -0.3 is 10.3 Å². The lowest BCUT2D eigenvalue weighted by Crippen LogP contribution is -2.30. The summed E-state index contributed by atoms with van der Waals surface area (Å²) < 4.78 is 0. The summed E-state index contributed by atoms with van der Waals surface area (Å²) in [4.78, 5) is 26.4. The number of pyridine rings is 1. The zero-order valence-electron chi connectivity index (χ0n) is 10.3. The first kappa shape index (κ1) is 12.8. The molecule has 0 aliphatic heterocycles. The summed E-state index contributed by atoms with van der Waals surface area (Å²) in [6.45, 7) is 3.85. The molecule has 96 valence electrons. The van der Waals surface area contributed by atoms with Crippen LogP contribution in [0, 0.1) is 0 Å². The van der Waals surface area contributed by atoms with Crippen molar-refractivity contribution >= 4 is 5.91 Å². The van der Waals surface area contributed by atoms with Crippen LogP contribution in [0.2, 0.25) is 0 Å². The minimum Gasteiger partial charge on any atom is -0.348 e. The Balaban J connectivity index is 2.51. The van der Waals surface area contributed by atoms with Gasteiger partial charge in [0.05, 0.1) is 0 Å². The van der Waals surface area contributed by atoms with Gasteiger partial charge >= 0.3 is 0 Å². The maximum absolute atomic E-state index is 12.0. The van der Waals surface area contributed by atoms with Crippen molar-refractivity contribution in [1.82, 2.24) is 10.3 Å². The third-order valence-electron chi connectivity index (χ3n) is 2.68. The summed E-state index contributed by atoms with van der Waals surface area (Å²) in [5, 5.41) is 2.62. The van der Waals surface area contributed by atoms with Gasteiger partial charge in [0.15, 0.2) is 0 Å². The molecule has 1 heterocycles. The van der Waals surface area contributed by atoms with E-state index in [0.717, 1.165) is 5.56 Å². The molecule has 0 saturated heterocycles. The van der Waals surface area contributed by atoms with Gasteiger partial charge in [0, 0.05) is 18.3 Å². The minimum atomic E-state index is -0.402. The molecule has 1 aromatic carbocycles. The van der Waals surface area contributed by atoms with Gasteiger partial charge in [-0.25, -0.2) is 0 Å². The van der Waals surface area contributed by atoms with Crippen molar-refractivity contribution in [1.29, 1.82) is 0 Å². The number of amides is 1. The lowest BCUT2D eigenvalue weighted by atomic mass is 10.0. The number of carbonyl (C=O) groups is 1. The normalized spacial score (nSPS) is 9.89. The Labute approximate surface area is 110 Å². The van der Waals surface area contributed by atoms with Crippen LogP contribution in [0.25, 0.3) is 11.1 Å². The second kappa shape index (κ2) is 5.82. The third kappa shape index (κ3) is 2.80. The van der Waals surface area contributed by atoms with E-state index in [1.165, 1.54) is 6.20 Å². The number of aromatic nitrogens is 1. The predicted octanol–water partition coefficient (Wildman–Crippen LogP) is 1.96. The topological polar surface area (TPSA) is 62.0 Å². The molecule has 2 aromatic rings. The number of carbonyl (C=O) groups excluding carboxylic acids is 1. The first-order chi connectivity index (χ1) is 9.24. The summed E-state index contributed by atoms with van der Waals surface area (Å²) >= 11 is 0. The van der Waals surface area contributed by atoms with Crippen LogP contribution < -0.4 is 10.9 Å². The van der Waals surface area contributed by atoms with Crippen LogP contribution in [0.3, 0.4) is 0 Å². The second-order valence-electron chi connectivity index (χ2n) is 3.96. The molecule has 0 bridgehead atoms. The van der Waals surface area contributed by atoms with Crippen molar-refractivity contribution in [2.24, 2.45) is 0 Å².